The molecule has 0 saturated carbocycles. The number of nitrogens with zero attached hydrogens (tertiary/aromatic N) is 1. The summed E-state index contributed by atoms with van der Waals surface area (Å²) in [5.74, 6) is -0.852. The van der Waals surface area contributed by atoms with Gasteiger partial charge in [-0.1, -0.05) is 23.7 Å². The molecule has 4 heteroatoms. The summed E-state index contributed by atoms with van der Waals surface area (Å²) >= 11 is 6.19. The zero-order chi connectivity index (χ0) is 14.7. The van der Waals surface area contributed by atoms with Crippen LogP contribution < -0.4 is 0 Å². The lowest BCUT2D eigenvalue weighted by Gasteiger charge is -2.10. The highest BCUT2D eigenvalue weighted by Crippen LogP contribution is 2.23. The minimum absolute atomic E-state index is 0.0133. The van der Waals surface area contributed by atoms with Crippen LogP contribution in [0.2, 0.25) is 5.02 Å². The van der Waals surface area contributed by atoms with Crippen LogP contribution in [0, 0.1) is 13.8 Å². The molecule has 0 aliphatic heterocycles. The van der Waals surface area contributed by atoms with Gasteiger partial charge in [-0.2, -0.15) is 0 Å². The average Bonchev–Trinajstić information content (AvgIpc) is 2.35. The Morgan fingerprint density at radius 2 is 2.05 bits per heavy atom. The molecule has 1 heterocycles. The molecule has 1 aromatic carbocycles. The number of hydrogen-bond donors (Lipinski definition) is 1. The Hall–Kier alpha value is -1.87. The fraction of sp³-hybridized carbons (Fsp3) is 0.250. The number of aromatic nitrogens is 1. The summed E-state index contributed by atoms with van der Waals surface area (Å²) in [6.07, 6.45) is 0.634. The normalized spacial score (nSPS) is 10.6. The fourth-order valence-corrected chi connectivity index (χ4v) is 2.42. The molecule has 20 heavy (non-hydrogen) atoms. The van der Waals surface area contributed by atoms with Crippen LogP contribution in [0.3, 0.4) is 0 Å². The molecule has 0 unspecified atom stereocenters. The number of benzene rings is 1. The Morgan fingerprint density at radius 3 is 2.70 bits per heavy atom. The first-order valence-corrected chi connectivity index (χ1v) is 6.75. The largest absolute Gasteiger partial charge is 0.481 e. The van der Waals surface area contributed by atoms with Crippen molar-refractivity contribution >= 4 is 17.6 Å². The van der Waals surface area contributed by atoms with Crippen molar-refractivity contribution in [1.29, 1.82) is 0 Å². The number of halogens is 1. The third kappa shape index (κ3) is 3.58. The Kier molecular flexibility index (Phi) is 4.40. The van der Waals surface area contributed by atoms with E-state index in [9.17, 15) is 4.79 Å². The number of aliphatic carboxylic acids is 1. The van der Waals surface area contributed by atoms with Crippen LogP contribution in [0.25, 0.3) is 0 Å². The van der Waals surface area contributed by atoms with Crippen molar-refractivity contribution in [2.24, 2.45) is 0 Å². The van der Waals surface area contributed by atoms with Gasteiger partial charge < -0.3 is 5.11 Å². The van der Waals surface area contributed by atoms with E-state index in [-0.39, 0.29) is 6.42 Å². The van der Waals surface area contributed by atoms with Crippen molar-refractivity contribution < 1.29 is 9.90 Å². The predicted octanol–water partition coefficient (Wildman–Crippen LogP) is 3.57. The van der Waals surface area contributed by atoms with Gasteiger partial charge in [-0.3, -0.25) is 9.78 Å². The van der Waals surface area contributed by atoms with Gasteiger partial charge in [0.2, 0.25) is 0 Å². The van der Waals surface area contributed by atoms with Crippen LogP contribution in [0.1, 0.15) is 28.1 Å². The molecule has 2 aromatic rings. The molecule has 0 atom stereocenters. The molecule has 1 N–H and O–H groups in total. The second-order valence-corrected chi connectivity index (χ2v) is 5.29. The van der Waals surface area contributed by atoms with Gasteiger partial charge in [0.25, 0.3) is 0 Å². The molecule has 0 fully saturated rings. The molecule has 3 nitrogen and oxygen atoms in total. The minimum atomic E-state index is -0.852. The Labute approximate surface area is 123 Å². The van der Waals surface area contributed by atoms with Crippen LogP contribution in [-0.2, 0) is 17.6 Å². The van der Waals surface area contributed by atoms with Crippen LogP contribution in [0.4, 0.5) is 0 Å². The standard InChI is InChI=1S/C16H16ClNO2/c1-10-4-3-5-14(18-10)7-12-6-13(9-16(19)20)11(2)15(17)8-12/h3-6,8H,7,9H2,1-2H3,(H,19,20). The molecular weight excluding hydrogens is 274 g/mol. The second kappa shape index (κ2) is 6.06. The van der Waals surface area contributed by atoms with E-state index in [4.69, 9.17) is 16.7 Å². The molecule has 0 radical (unpaired) electrons. The minimum Gasteiger partial charge on any atom is -0.481 e. The van der Waals surface area contributed by atoms with Gasteiger partial charge in [-0.05, 0) is 48.7 Å². The van der Waals surface area contributed by atoms with E-state index < -0.39 is 5.97 Å². The maximum absolute atomic E-state index is 10.9. The molecule has 0 saturated heterocycles. The number of pyridine rings is 1. The number of carbonyl (C=O) groups is 1. The SMILES string of the molecule is Cc1cccc(Cc2cc(Cl)c(C)c(CC(=O)O)c2)n1. The van der Waals surface area contributed by atoms with Crippen LogP contribution in [-0.4, -0.2) is 16.1 Å². The Bertz CT molecular complexity index is 653. The van der Waals surface area contributed by atoms with Gasteiger partial charge >= 0.3 is 5.97 Å². The summed E-state index contributed by atoms with van der Waals surface area (Å²) < 4.78 is 0. The van der Waals surface area contributed by atoms with E-state index in [1.807, 2.05) is 44.2 Å². The van der Waals surface area contributed by atoms with Crippen molar-refractivity contribution in [1.82, 2.24) is 4.98 Å². The summed E-state index contributed by atoms with van der Waals surface area (Å²) in [6, 6.07) is 9.65. The molecule has 1 aromatic heterocycles. The maximum atomic E-state index is 10.9. The van der Waals surface area contributed by atoms with Gasteiger partial charge in [0.05, 0.1) is 6.42 Å². The molecule has 0 aliphatic carbocycles. The van der Waals surface area contributed by atoms with Crippen LogP contribution in [0.15, 0.2) is 30.3 Å². The first-order chi connectivity index (χ1) is 9.45. The van der Waals surface area contributed by atoms with Crippen LogP contribution in [0.5, 0.6) is 0 Å². The van der Waals surface area contributed by atoms with E-state index in [1.165, 1.54) is 0 Å². The van der Waals surface area contributed by atoms with Gasteiger partial charge in [0, 0.05) is 22.8 Å². The first kappa shape index (κ1) is 14.5. The van der Waals surface area contributed by atoms with E-state index >= 15 is 0 Å². The van der Waals surface area contributed by atoms with Gasteiger partial charge in [0.15, 0.2) is 0 Å². The lowest BCUT2D eigenvalue weighted by molar-refractivity contribution is -0.136. The topological polar surface area (TPSA) is 50.2 Å². The molecule has 0 spiro atoms. The lowest BCUT2D eigenvalue weighted by atomic mass is 9.99. The van der Waals surface area contributed by atoms with Crippen molar-refractivity contribution in [3.05, 3.63) is 63.4 Å². The van der Waals surface area contributed by atoms with E-state index in [2.05, 4.69) is 4.98 Å². The van der Waals surface area contributed by atoms with E-state index in [0.717, 1.165) is 28.1 Å². The third-order valence-electron chi connectivity index (χ3n) is 3.18. The summed E-state index contributed by atoms with van der Waals surface area (Å²) in [5.41, 5.74) is 4.48. The smallest absolute Gasteiger partial charge is 0.307 e. The molecule has 0 amide bonds. The molecule has 104 valence electrons. The highest BCUT2D eigenvalue weighted by molar-refractivity contribution is 6.31. The van der Waals surface area contributed by atoms with Gasteiger partial charge in [-0.15, -0.1) is 0 Å². The zero-order valence-corrected chi connectivity index (χ0v) is 12.2. The molecule has 0 bridgehead atoms. The summed E-state index contributed by atoms with van der Waals surface area (Å²) in [6.45, 7) is 3.79. The van der Waals surface area contributed by atoms with Crippen molar-refractivity contribution in [2.75, 3.05) is 0 Å². The fourth-order valence-electron chi connectivity index (χ4n) is 2.15. The highest BCUT2D eigenvalue weighted by atomic mass is 35.5. The number of hydrogen-bond acceptors (Lipinski definition) is 2. The Balaban J connectivity index is 2.32. The molecular formula is C16H16ClNO2. The zero-order valence-electron chi connectivity index (χ0n) is 11.5. The first-order valence-electron chi connectivity index (χ1n) is 6.38. The van der Waals surface area contributed by atoms with Crippen molar-refractivity contribution in [3.8, 4) is 0 Å². The predicted molar refractivity (Wildman–Crippen MR) is 79.3 cm³/mol. The van der Waals surface area contributed by atoms with Gasteiger partial charge in [0.1, 0.15) is 0 Å². The Morgan fingerprint density at radius 1 is 1.30 bits per heavy atom. The molecule has 2 rings (SSSR count). The number of rotatable bonds is 4. The van der Waals surface area contributed by atoms with Crippen molar-refractivity contribution in [3.63, 3.8) is 0 Å². The van der Waals surface area contributed by atoms with E-state index in [1.54, 1.807) is 0 Å². The summed E-state index contributed by atoms with van der Waals surface area (Å²) in [4.78, 5) is 15.3. The highest BCUT2D eigenvalue weighted by Gasteiger charge is 2.10. The number of carboxylic acids is 1. The number of aryl methyl sites for hydroxylation is 1. The van der Waals surface area contributed by atoms with Crippen LogP contribution >= 0.6 is 11.6 Å². The van der Waals surface area contributed by atoms with Gasteiger partial charge in [-0.25, -0.2) is 0 Å². The monoisotopic (exact) mass is 289 g/mol. The molecule has 0 aliphatic rings. The maximum Gasteiger partial charge on any atom is 0.307 e. The quantitative estimate of drug-likeness (QED) is 0.936. The van der Waals surface area contributed by atoms with Crippen molar-refractivity contribution in [2.45, 2.75) is 26.7 Å². The third-order valence-corrected chi connectivity index (χ3v) is 3.58. The summed E-state index contributed by atoms with van der Waals surface area (Å²) in [5, 5.41) is 9.55. The second-order valence-electron chi connectivity index (χ2n) is 4.88. The average molecular weight is 290 g/mol. The lowest BCUT2D eigenvalue weighted by Crippen LogP contribution is -2.04. The number of carboxylic acid groups (broad SMARTS) is 1. The summed E-state index contributed by atoms with van der Waals surface area (Å²) in [7, 11) is 0. The van der Waals surface area contributed by atoms with E-state index in [0.29, 0.717) is 11.4 Å².